The molecular formula is C22H23F5N8O2. The number of anilines is 2. The van der Waals surface area contributed by atoms with Crippen LogP contribution in [0.25, 0.3) is 17.2 Å². The van der Waals surface area contributed by atoms with E-state index in [4.69, 9.17) is 5.73 Å². The van der Waals surface area contributed by atoms with Crippen LogP contribution < -0.4 is 16.4 Å². The number of amides is 2. The van der Waals surface area contributed by atoms with E-state index in [9.17, 15) is 31.5 Å². The molecule has 10 nitrogen and oxygen atoms in total. The smallest absolute Gasteiger partial charge is 0.383 e. The van der Waals surface area contributed by atoms with Gasteiger partial charge in [-0.3, -0.25) is 9.59 Å². The van der Waals surface area contributed by atoms with Crippen LogP contribution in [0.5, 0.6) is 0 Å². The Labute approximate surface area is 206 Å². The van der Waals surface area contributed by atoms with Crippen molar-refractivity contribution in [2.24, 2.45) is 0 Å². The summed E-state index contributed by atoms with van der Waals surface area (Å²) < 4.78 is 66.5. The molecule has 1 fully saturated rings. The molecule has 1 aliphatic rings. The zero-order chi connectivity index (χ0) is 27.2. The van der Waals surface area contributed by atoms with Gasteiger partial charge in [-0.2, -0.15) is 22.0 Å². The number of nitrogens with zero attached hydrogens (tertiary/aromatic N) is 5. The van der Waals surface area contributed by atoms with Gasteiger partial charge in [-0.1, -0.05) is 0 Å². The van der Waals surface area contributed by atoms with Crippen molar-refractivity contribution in [1.29, 1.82) is 0 Å². The topological polar surface area (TPSA) is 140 Å². The quantitative estimate of drug-likeness (QED) is 0.288. The lowest BCUT2D eigenvalue weighted by Crippen LogP contribution is -2.42. The van der Waals surface area contributed by atoms with Gasteiger partial charge in [0.1, 0.15) is 17.3 Å². The fraction of sp³-hybridized carbons (Fsp3) is 0.455. The second-order valence-electron chi connectivity index (χ2n) is 9.22. The number of nitrogen functional groups attached to an aromatic ring is 1. The first-order valence-corrected chi connectivity index (χ1v) is 11.2. The number of halogens is 5. The molecule has 0 spiro atoms. The number of rotatable bonds is 9. The summed E-state index contributed by atoms with van der Waals surface area (Å²) in [6, 6.07) is 0.0601. The van der Waals surface area contributed by atoms with Gasteiger partial charge in [0.25, 0.3) is 0 Å². The van der Waals surface area contributed by atoms with Crippen molar-refractivity contribution in [2.75, 3.05) is 11.1 Å². The summed E-state index contributed by atoms with van der Waals surface area (Å²) in [5, 5.41) is 5.27. The number of nitrogens with one attached hydrogen (secondary N) is 2. The Hall–Kier alpha value is -3.91. The van der Waals surface area contributed by atoms with Gasteiger partial charge < -0.3 is 20.8 Å². The first-order valence-electron chi connectivity index (χ1n) is 11.2. The highest BCUT2D eigenvalue weighted by atomic mass is 19.4. The summed E-state index contributed by atoms with van der Waals surface area (Å²) in [6.07, 6.45) is -1.80. The minimum absolute atomic E-state index is 0.0248. The molecule has 0 bridgehead atoms. The van der Waals surface area contributed by atoms with Crippen LogP contribution in [0.1, 0.15) is 44.4 Å². The minimum atomic E-state index is -5.71. The summed E-state index contributed by atoms with van der Waals surface area (Å²) in [7, 11) is 0. The number of aromatic nitrogens is 5. The monoisotopic (exact) mass is 526 g/mol. The maximum atomic E-state index is 13.6. The van der Waals surface area contributed by atoms with E-state index in [0.717, 1.165) is 12.8 Å². The first kappa shape index (κ1) is 26.2. The van der Waals surface area contributed by atoms with Crippen molar-refractivity contribution >= 4 is 29.6 Å². The van der Waals surface area contributed by atoms with Crippen LogP contribution in [0.15, 0.2) is 18.6 Å². The molecule has 2 amide bonds. The first-order chi connectivity index (χ1) is 17.2. The maximum Gasteiger partial charge on any atom is 0.453 e. The molecule has 37 heavy (non-hydrogen) atoms. The highest BCUT2D eigenvalue weighted by Gasteiger charge is 2.56. The zero-order valence-electron chi connectivity index (χ0n) is 19.7. The highest BCUT2D eigenvalue weighted by Crippen LogP contribution is 2.39. The lowest BCUT2D eigenvalue weighted by Gasteiger charge is -2.27. The molecule has 0 radical (unpaired) electrons. The van der Waals surface area contributed by atoms with Crippen molar-refractivity contribution in [3.8, 4) is 11.5 Å². The van der Waals surface area contributed by atoms with Crippen LogP contribution in [0.2, 0.25) is 0 Å². The normalized spacial score (nSPS) is 14.6. The minimum Gasteiger partial charge on any atom is -0.383 e. The van der Waals surface area contributed by atoms with Crippen LogP contribution in [-0.2, 0) is 21.4 Å². The summed E-state index contributed by atoms with van der Waals surface area (Å²) >= 11 is 0. The van der Waals surface area contributed by atoms with Gasteiger partial charge >= 0.3 is 12.1 Å². The van der Waals surface area contributed by atoms with Gasteiger partial charge in [0.15, 0.2) is 11.5 Å². The van der Waals surface area contributed by atoms with Gasteiger partial charge in [0.05, 0.1) is 16.7 Å². The highest BCUT2D eigenvalue weighted by molar-refractivity contribution is 5.92. The molecule has 4 N–H and O–H groups in total. The Morgan fingerprint density at radius 3 is 2.51 bits per heavy atom. The van der Waals surface area contributed by atoms with E-state index in [1.54, 1.807) is 13.8 Å². The summed E-state index contributed by atoms with van der Waals surface area (Å²) in [6.45, 7) is 3.17. The van der Waals surface area contributed by atoms with E-state index < -0.39 is 30.4 Å². The molecular weight excluding hydrogens is 503 g/mol. The van der Waals surface area contributed by atoms with Crippen molar-refractivity contribution in [3.63, 3.8) is 0 Å². The lowest BCUT2D eigenvalue weighted by atomic mass is 9.83. The van der Waals surface area contributed by atoms with Crippen LogP contribution in [-0.4, -0.2) is 54.8 Å². The van der Waals surface area contributed by atoms with E-state index in [1.165, 1.54) is 23.0 Å². The molecule has 0 aromatic carbocycles. The number of imidazole rings is 1. The molecule has 3 aromatic rings. The van der Waals surface area contributed by atoms with Crippen molar-refractivity contribution < 1.29 is 31.5 Å². The molecule has 0 aliphatic heterocycles. The summed E-state index contributed by atoms with van der Waals surface area (Å²) in [5.74, 6) is -5.65. The number of nitrogens with two attached hydrogens (primary N) is 1. The van der Waals surface area contributed by atoms with Crippen molar-refractivity contribution in [1.82, 2.24) is 29.7 Å². The number of hydrogen-bond donors (Lipinski definition) is 3. The predicted molar refractivity (Wildman–Crippen MR) is 122 cm³/mol. The molecule has 3 heterocycles. The van der Waals surface area contributed by atoms with Crippen LogP contribution in [0.3, 0.4) is 0 Å². The molecule has 15 heteroatoms. The SMILES string of the molecule is CC(C)(C(=O)NC1CC1)c1c(N)nc(-c2cn3ccnc3c(CCC(F)(F)C(F)(F)F)n2)nc1NC=O. The van der Waals surface area contributed by atoms with Crippen molar-refractivity contribution in [2.45, 2.75) is 63.1 Å². The molecule has 1 saturated carbocycles. The largest absolute Gasteiger partial charge is 0.453 e. The third-order valence-electron chi connectivity index (χ3n) is 6.00. The number of aryl methyl sites for hydroxylation is 1. The van der Waals surface area contributed by atoms with Gasteiger partial charge in [0, 0.05) is 31.1 Å². The molecule has 0 saturated heterocycles. The van der Waals surface area contributed by atoms with Gasteiger partial charge in [-0.15, -0.1) is 0 Å². The van der Waals surface area contributed by atoms with E-state index in [1.807, 2.05) is 0 Å². The predicted octanol–water partition coefficient (Wildman–Crippen LogP) is 3.02. The Bertz CT molecular complexity index is 1350. The number of fused-ring (bicyclic) bond motifs is 1. The Kier molecular flexibility index (Phi) is 6.50. The molecule has 1 aliphatic carbocycles. The maximum absolute atomic E-state index is 13.6. The molecule has 3 aromatic heterocycles. The number of carbonyl (C=O) groups excluding carboxylic acids is 2. The van der Waals surface area contributed by atoms with Gasteiger partial charge in [-0.25, -0.2) is 19.9 Å². The van der Waals surface area contributed by atoms with E-state index in [-0.39, 0.29) is 52.0 Å². The number of hydrogen-bond acceptors (Lipinski definition) is 7. The Morgan fingerprint density at radius 2 is 1.89 bits per heavy atom. The van der Waals surface area contributed by atoms with Gasteiger partial charge in [-0.05, 0) is 33.1 Å². The molecule has 0 atom stereocenters. The third-order valence-corrected chi connectivity index (χ3v) is 6.00. The number of alkyl halides is 5. The van der Waals surface area contributed by atoms with E-state index >= 15 is 0 Å². The zero-order valence-corrected chi connectivity index (χ0v) is 19.7. The van der Waals surface area contributed by atoms with Crippen LogP contribution in [0.4, 0.5) is 33.6 Å². The third kappa shape index (κ3) is 5.15. The van der Waals surface area contributed by atoms with Crippen LogP contribution in [0, 0.1) is 0 Å². The van der Waals surface area contributed by atoms with Gasteiger partial charge in [0.2, 0.25) is 12.3 Å². The Balaban J connectivity index is 1.75. The second-order valence-corrected chi connectivity index (χ2v) is 9.22. The molecule has 4 rings (SSSR count). The summed E-state index contributed by atoms with van der Waals surface area (Å²) in [4.78, 5) is 40.8. The van der Waals surface area contributed by atoms with Crippen molar-refractivity contribution in [3.05, 3.63) is 29.8 Å². The second kappa shape index (κ2) is 9.19. The fourth-order valence-electron chi connectivity index (χ4n) is 3.77. The lowest BCUT2D eigenvalue weighted by molar-refractivity contribution is -0.284. The fourth-order valence-corrected chi connectivity index (χ4v) is 3.77. The van der Waals surface area contributed by atoms with E-state index in [2.05, 4.69) is 30.6 Å². The molecule has 0 unspecified atom stereocenters. The number of carbonyl (C=O) groups is 2. The average molecular weight is 526 g/mol. The van der Waals surface area contributed by atoms with Crippen LogP contribution >= 0.6 is 0 Å². The standard InChI is InChI=1S/C22H23F5N8O2/c1-20(2,19(37)31-11-3-4-11)14-15(28)33-16(34-17(14)30-10-36)13-9-35-8-7-29-18(35)12(32-13)5-6-21(23,24)22(25,26)27/h7-11H,3-6H2,1-2H3,(H,31,37)(H3,28,30,33,34,36). The molecule has 198 valence electrons. The summed E-state index contributed by atoms with van der Waals surface area (Å²) in [5.41, 5.74) is 5.01. The average Bonchev–Trinajstić information content (AvgIpc) is 3.48. The Morgan fingerprint density at radius 1 is 1.19 bits per heavy atom. The van der Waals surface area contributed by atoms with E-state index in [0.29, 0.717) is 6.41 Å².